The van der Waals surface area contributed by atoms with Crippen molar-refractivity contribution in [2.45, 2.75) is 0 Å². The number of halogens is 1. The maximum absolute atomic E-state index is 12.9. The monoisotopic (exact) mass is 263 g/mol. The normalized spacial score (nSPS) is 10.2. The smallest absolute Gasteiger partial charge is 0.149 e. The fourth-order valence-electron chi connectivity index (χ4n) is 1.97. The number of nitriles is 1. The van der Waals surface area contributed by atoms with Crippen LogP contribution in [0.25, 0.3) is 10.9 Å². The van der Waals surface area contributed by atoms with Gasteiger partial charge in [-0.15, -0.1) is 0 Å². The first-order valence-electron chi connectivity index (χ1n) is 6.09. The summed E-state index contributed by atoms with van der Waals surface area (Å²) in [4.78, 5) is 4.44. The lowest BCUT2D eigenvalue weighted by molar-refractivity contribution is 0.628. The van der Waals surface area contributed by atoms with Gasteiger partial charge in [-0.1, -0.05) is 18.2 Å². The van der Waals surface area contributed by atoms with Gasteiger partial charge in [-0.3, -0.25) is 0 Å². The van der Waals surface area contributed by atoms with Crippen LogP contribution in [0.3, 0.4) is 0 Å². The molecule has 1 heterocycles. The van der Waals surface area contributed by atoms with Crippen LogP contribution in [0.1, 0.15) is 5.56 Å². The van der Waals surface area contributed by atoms with E-state index in [1.807, 2.05) is 24.3 Å². The molecule has 1 aromatic heterocycles. The molecule has 0 aliphatic rings. The summed E-state index contributed by atoms with van der Waals surface area (Å²) in [7, 11) is 0. The van der Waals surface area contributed by atoms with Gasteiger partial charge in [-0.2, -0.15) is 5.26 Å². The van der Waals surface area contributed by atoms with Crippen LogP contribution in [0.4, 0.5) is 15.9 Å². The summed E-state index contributed by atoms with van der Waals surface area (Å²) in [6, 6.07) is 17.4. The number of benzene rings is 2. The average molecular weight is 263 g/mol. The SMILES string of the molecule is N#Cc1cc2ccccc2nc1Nc1ccc(F)cc1. The van der Waals surface area contributed by atoms with Gasteiger partial charge in [0.25, 0.3) is 0 Å². The zero-order chi connectivity index (χ0) is 13.9. The summed E-state index contributed by atoms with van der Waals surface area (Å²) in [5, 5.41) is 13.2. The highest BCUT2D eigenvalue weighted by Crippen LogP contribution is 2.23. The Balaban J connectivity index is 2.06. The third-order valence-corrected chi connectivity index (χ3v) is 2.95. The highest BCUT2D eigenvalue weighted by Gasteiger charge is 2.06. The molecule has 0 radical (unpaired) electrons. The van der Waals surface area contributed by atoms with E-state index in [4.69, 9.17) is 0 Å². The van der Waals surface area contributed by atoms with Crippen molar-refractivity contribution in [3.05, 3.63) is 66.0 Å². The van der Waals surface area contributed by atoms with E-state index in [1.54, 1.807) is 18.2 Å². The number of rotatable bonds is 2. The molecule has 0 bridgehead atoms. The van der Waals surface area contributed by atoms with E-state index in [1.165, 1.54) is 12.1 Å². The predicted octanol–water partition coefficient (Wildman–Crippen LogP) is 3.99. The zero-order valence-corrected chi connectivity index (χ0v) is 10.5. The molecule has 0 aliphatic carbocycles. The average Bonchev–Trinajstić information content (AvgIpc) is 2.49. The molecule has 0 saturated heterocycles. The number of nitrogens with one attached hydrogen (secondary N) is 1. The molecule has 0 atom stereocenters. The highest BCUT2D eigenvalue weighted by atomic mass is 19.1. The van der Waals surface area contributed by atoms with E-state index in [-0.39, 0.29) is 5.82 Å². The molecule has 96 valence electrons. The number of hydrogen-bond acceptors (Lipinski definition) is 3. The summed E-state index contributed by atoms with van der Waals surface area (Å²) >= 11 is 0. The van der Waals surface area contributed by atoms with Crippen LogP contribution < -0.4 is 5.32 Å². The maximum Gasteiger partial charge on any atom is 0.149 e. The third kappa shape index (κ3) is 2.29. The van der Waals surface area contributed by atoms with Gasteiger partial charge in [0.05, 0.1) is 11.1 Å². The molecule has 20 heavy (non-hydrogen) atoms. The summed E-state index contributed by atoms with van der Waals surface area (Å²) in [6.45, 7) is 0. The fourth-order valence-corrected chi connectivity index (χ4v) is 1.97. The summed E-state index contributed by atoms with van der Waals surface area (Å²) < 4.78 is 12.9. The van der Waals surface area contributed by atoms with Crippen LogP contribution in [0.5, 0.6) is 0 Å². The molecule has 1 N–H and O–H groups in total. The van der Waals surface area contributed by atoms with Crippen LogP contribution in [-0.4, -0.2) is 4.98 Å². The molecule has 0 fully saturated rings. The Morgan fingerprint density at radius 1 is 1.05 bits per heavy atom. The van der Waals surface area contributed by atoms with Crippen LogP contribution in [0.2, 0.25) is 0 Å². The largest absolute Gasteiger partial charge is 0.339 e. The summed E-state index contributed by atoms with van der Waals surface area (Å²) in [5.74, 6) is 0.167. The van der Waals surface area contributed by atoms with Crippen molar-refractivity contribution in [2.75, 3.05) is 5.32 Å². The zero-order valence-electron chi connectivity index (χ0n) is 10.5. The second-order valence-electron chi connectivity index (χ2n) is 4.32. The molecule has 0 saturated carbocycles. The second-order valence-corrected chi connectivity index (χ2v) is 4.32. The number of hydrogen-bond donors (Lipinski definition) is 1. The van der Waals surface area contributed by atoms with Gasteiger partial charge >= 0.3 is 0 Å². The molecule has 4 heteroatoms. The van der Waals surface area contributed by atoms with E-state index in [0.29, 0.717) is 17.1 Å². The van der Waals surface area contributed by atoms with E-state index in [0.717, 1.165) is 10.9 Å². The van der Waals surface area contributed by atoms with E-state index >= 15 is 0 Å². The van der Waals surface area contributed by atoms with Crippen molar-refractivity contribution < 1.29 is 4.39 Å². The van der Waals surface area contributed by atoms with Crippen molar-refractivity contribution >= 4 is 22.4 Å². The molecule has 2 aromatic carbocycles. The van der Waals surface area contributed by atoms with E-state index in [2.05, 4.69) is 16.4 Å². The maximum atomic E-state index is 12.9. The van der Waals surface area contributed by atoms with Gasteiger partial charge in [0.15, 0.2) is 0 Å². The van der Waals surface area contributed by atoms with Crippen molar-refractivity contribution in [1.82, 2.24) is 4.98 Å². The minimum absolute atomic E-state index is 0.303. The molecule has 3 nitrogen and oxygen atoms in total. The second kappa shape index (κ2) is 4.98. The molecule has 0 amide bonds. The Morgan fingerprint density at radius 3 is 2.55 bits per heavy atom. The topological polar surface area (TPSA) is 48.7 Å². The minimum Gasteiger partial charge on any atom is -0.339 e. The Kier molecular flexibility index (Phi) is 3.02. The highest BCUT2D eigenvalue weighted by molar-refractivity contribution is 5.83. The van der Waals surface area contributed by atoms with Crippen LogP contribution in [-0.2, 0) is 0 Å². The first-order valence-corrected chi connectivity index (χ1v) is 6.09. The molecule has 0 unspecified atom stereocenters. The Bertz CT molecular complexity index is 804. The number of anilines is 2. The molecular formula is C16H10FN3. The lowest BCUT2D eigenvalue weighted by Crippen LogP contribution is -1.97. The van der Waals surface area contributed by atoms with E-state index < -0.39 is 0 Å². The lowest BCUT2D eigenvalue weighted by Gasteiger charge is -2.08. The van der Waals surface area contributed by atoms with Crippen molar-refractivity contribution in [3.8, 4) is 6.07 Å². The fraction of sp³-hybridized carbons (Fsp3) is 0. The molecule has 3 aromatic rings. The van der Waals surface area contributed by atoms with Gasteiger partial charge in [-0.05, 0) is 36.4 Å². The van der Waals surface area contributed by atoms with Crippen molar-refractivity contribution in [3.63, 3.8) is 0 Å². The standard InChI is InChI=1S/C16H10FN3/c17-13-5-7-14(8-6-13)19-16-12(10-18)9-11-3-1-2-4-15(11)20-16/h1-9H,(H,19,20). The van der Waals surface area contributed by atoms with Crippen molar-refractivity contribution in [2.24, 2.45) is 0 Å². The predicted molar refractivity (Wildman–Crippen MR) is 76.1 cm³/mol. The number of para-hydroxylation sites is 1. The van der Waals surface area contributed by atoms with Gasteiger partial charge < -0.3 is 5.32 Å². The number of pyridine rings is 1. The van der Waals surface area contributed by atoms with Crippen LogP contribution >= 0.6 is 0 Å². The Labute approximate surface area is 115 Å². The minimum atomic E-state index is -0.303. The van der Waals surface area contributed by atoms with E-state index in [9.17, 15) is 9.65 Å². The Morgan fingerprint density at radius 2 is 1.80 bits per heavy atom. The molecule has 0 aliphatic heterocycles. The van der Waals surface area contributed by atoms with Gasteiger partial charge in [0.2, 0.25) is 0 Å². The first kappa shape index (κ1) is 12.1. The molecule has 3 rings (SSSR count). The van der Waals surface area contributed by atoms with Crippen LogP contribution in [0.15, 0.2) is 54.6 Å². The molecule has 0 spiro atoms. The van der Waals surface area contributed by atoms with Crippen LogP contribution in [0, 0.1) is 17.1 Å². The quantitative estimate of drug-likeness (QED) is 0.760. The van der Waals surface area contributed by atoms with Gasteiger partial charge in [-0.25, -0.2) is 9.37 Å². The van der Waals surface area contributed by atoms with Gasteiger partial charge in [0, 0.05) is 11.1 Å². The Hall–Kier alpha value is -2.93. The summed E-state index contributed by atoms with van der Waals surface area (Å²) in [5.41, 5.74) is 1.94. The summed E-state index contributed by atoms with van der Waals surface area (Å²) in [6.07, 6.45) is 0. The molecular weight excluding hydrogens is 253 g/mol. The van der Waals surface area contributed by atoms with Crippen molar-refractivity contribution in [1.29, 1.82) is 5.26 Å². The number of aromatic nitrogens is 1. The number of nitrogens with zero attached hydrogens (tertiary/aromatic N) is 2. The third-order valence-electron chi connectivity index (χ3n) is 2.95. The van der Waals surface area contributed by atoms with Gasteiger partial charge in [0.1, 0.15) is 17.7 Å². The lowest BCUT2D eigenvalue weighted by atomic mass is 10.1. The first-order chi connectivity index (χ1) is 9.76. The number of fused-ring (bicyclic) bond motifs is 1.